The summed E-state index contributed by atoms with van der Waals surface area (Å²) < 4.78 is 5.08. The van der Waals surface area contributed by atoms with Gasteiger partial charge in [0.2, 0.25) is 0 Å². The molecule has 0 saturated carbocycles. The zero-order valence-corrected chi connectivity index (χ0v) is 11.6. The Balaban J connectivity index is 3.07. The van der Waals surface area contributed by atoms with Crippen molar-refractivity contribution in [1.82, 2.24) is 0 Å². The van der Waals surface area contributed by atoms with Gasteiger partial charge in [-0.1, -0.05) is 0 Å². The first-order valence-electron chi connectivity index (χ1n) is 3.37. The molecule has 0 atom stereocenters. The van der Waals surface area contributed by atoms with E-state index in [-0.39, 0.29) is 23.4 Å². The summed E-state index contributed by atoms with van der Waals surface area (Å²) in [5.41, 5.74) is -0.0991. The summed E-state index contributed by atoms with van der Waals surface area (Å²) in [6, 6.07) is 0. The van der Waals surface area contributed by atoms with Crippen molar-refractivity contribution < 1.29 is 9.46 Å². The molecule has 0 aliphatic carbocycles. The maximum absolute atomic E-state index is 5.09. The third kappa shape index (κ3) is 8.57. The van der Waals surface area contributed by atoms with E-state index in [1.54, 1.807) is 0 Å². The van der Waals surface area contributed by atoms with Gasteiger partial charge >= 0.3 is 0 Å². The van der Waals surface area contributed by atoms with Crippen LogP contribution in [0.15, 0.2) is 0 Å². The zero-order chi connectivity index (χ0) is 7.33. The van der Waals surface area contributed by atoms with E-state index in [1.165, 1.54) is 9.76 Å². The van der Waals surface area contributed by atoms with Crippen LogP contribution in [-0.2, 0) is 9.46 Å². The highest BCUT2D eigenvalue weighted by Gasteiger charge is 2.09. The lowest BCUT2D eigenvalue weighted by Gasteiger charge is -2.17. The molecule has 9 heavy (non-hydrogen) atoms. The molecule has 0 heterocycles. The third-order valence-corrected chi connectivity index (χ3v) is 6.69. The Bertz CT molecular complexity index is 70.7. The molecule has 56 valence electrons. The summed E-state index contributed by atoms with van der Waals surface area (Å²) in [6.45, 7) is 6.03. The smallest absolute Gasteiger partial charge is 0.186 e. The normalized spacial score (nSPS) is 15.0. The molecule has 0 amide bonds. The molecule has 0 fully saturated rings. The van der Waals surface area contributed by atoms with Gasteiger partial charge in [0.1, 0.15) is 0 Å². The van der Waals surface area contributed by atoms with Gasteiger partial charge in [-0.25, -0.2) is 4.89 Å². The molecule has 2 nitrogen and oxygen atoms in total. The van der Waals surface area contributed by atoms with Crippen molar-refractivity contribution >= 4 is 27.6 Å². The van der Waals surface area contributed by atoms with Crippen LogP contribution in [0.5, 0.6) is 0 Å². The van der Waals surface area contributed by atoms with Crippen LogP contribution in [0.25, 0.3) is 0 Å². The molecule has 0 unspecified atom stereocenters. The Morgan fingerprint density at radius 1 is 1.33 bits per heavy atom. The van der Waals surface area contributed by atoms with Crippen LogP contribution in [0.2, 0.25) is 0 Å². The van der Waals surface area contributed by atoms with E-state index in [4.69, 9.17) is 9.46 Å². The Hall–Kier alpha value is 0.571. The van der Waals surface area contributed by atoms with E-state index in [0.29, 0.717) is 0 Å². The minimum Gasteiger partial charge on any atom is -0.298 e. The second-order valence-corrected chi connectivity index (χ2v) is 17.9. The van der Waals surface area contributed by atoms with Crippen LogP contribution < -0.4 is 0 Å². The van der Waals surface area contributed by atoms with Gasteiger partial charge in [-0.3, -0.25) is 4.58 Å². The lowest BCUT2D eigenvalue weighted by Crippen LogP contribution is -2.22. The van der Waals surface area contributed by atoms with Gasteiger partial charge in [0.25, 0.3) is 0 Å². The van der Waals surface area contributed by atoms with Gasteiger partial charge in [0.15, 0.2) is 9.28 Å². The fraction of sp³-hybridized carbons (Fsp3) is 1.00. The Morgan fingerprint density at radius 3 is 2.22 bits per heavy atom. The first kappa shape index (κ1) is 9.57. The fourth-order valence-electron chi connectivity index (χ4n) is 0.302. The average molecular weight is 180 g/mol. The molecule has 0 aromatic heterocycles. The molecule has 5 heteroatoms. The summed E-state index contributed by atoms with van der Waals surface area (Å²) in [6.07, 6.45) is 0. The van der Waals surface area contributed by atoms with Gasteiger partial charge in [0, 0.05) is 8.55 Å². The van der Waals surface area contributed by atoms with E-state index < -0.39 is 0 Å². The molecule has 0 aromatic rings. The molecule has 0 saturated heterocycles. The lowest BCUT2D eigenvalue weighted by atomic mass is 10.2. The van der Waals surface area contributed by atoms with E-state index in [9.17, 15) is 0 Å². The van der Waals surface area contributed by atoms with Crippen molar-refractivity contribution in [3.63, 3.8) is 0 Å². The largest absolute Gasteiger partial charge is 0.298 e. The van der Waals surface area contributed by atoms with Gasteiger partial charge in [-0.05, 0) is 30.5 Å². The number of hydrogen-bond donors (Lipinski definition) is 0. The predicted octanol–water partition coefficient (Wildman–Crippen LogP) is -1.82. The van der Waals surface area contributed by atoms with Crippen LogP contribution in [-0.4, -0.2) is 33.2 Å². The second-order valence-electron chi connectivity index (χ2n) is 3.02. The van der Waals surface area contributed by atoms with E-state index in [0.717, 1.165) is 0 Å². The monoisotopic (exact) mass is 180 g/mol. The Labute approximate surface area is 64.0 Å². The van der Waals surface area contributed by atoms with Gasteiger partial charge in [-0.2, -0.15) is 0 Å². The zero-order valence-electron chi connectivity index (χ0n) is 6.73. The van der Waals surface area contributed by atoms with Crippen molar-refractivity contribution in [3.05, 3.63) is 0 Å². The number of hydrogen-bond acceptors (Lipinski definition) is 2. The van der Waals surface area contributed by atoms with Crippen molar-refractivity contribution in [1.29, 1.82) is 0 Å². The maximum Gasteiger partial charge on any atom is 0.186 e. The standard InChI is InChI=1S/C4H16O2Si3/c1-4(2,3)5-6-8-9-7/h8-9H2,1-3,7H3. The first-order valence-corrected chi connectivity index (χ1v) is 13.6. The summed E-state index contributed by atoms with van der Waals surface area (Å²) >= 11 is 0. The second kappa shape index (κ2) is 4.40. The van der Waals surface area contributed by atoms with Gasteiger partial charge in [0.05, 0.1) is 5.60 Å². The molecule has 0 aromatic carbocycles. The molecular formula is C4H16O2Si3. The Morgan fingerprint density at radius 2 is 1.89 bits per heavy atom. The topological polar surface area (TPSA) is 18.5 Å². The van der Waals surface area contributed by atoms with Crippen LogP contribution in [0.1, 0.15) is 20.8 Å². The minimum atomic E-state index is -0.180. The van der Waals surface area contributed by atoms with Crippen LogP contribution in [0.4, 0.5) is 0 Å². The molecule has 0 bridgehead atoms. The van der Waals surface area contributed by atoms with E-state index in [1.807, 2.05) is 20.8 Å². The van der Waals surface area contributed by atoms with E-state index in [2.05, 4.69) is 0 Å². The minimum absolute atomic E-state index is 0.0991. The summed E-state index contributed by atoms with van der Waals surface area (Å²) in [7, 11) is 1.48. The molecule has 0 aliphatic rings. The summed E-state index contributed by atoms with van der Waals surface area (Å²) in [5, 5.41) is 0. The molecule has 0 spiro atoms. The summed E-state index contributed by atoms with van der Waals surface area (Å²) in [5.74, 6) is 0. The highest BCUT2D eigenvalue weighted by molar-refractivity contribution is 7.21. The number of rotatable bonds is 3. The molecule has 0 radical (unpaired) electrons. The van der Waals surface area contributed by atoms with Crippen molar-refractivity contribution in [2.45, 2.75) is 26.4 Å². The summed E-state index contributed by atoms with van der Waals surface area (Å²) in [4.78, 5) is 5.09. The average Bonchev–Trinajstić information content (AvgIpc) is 1.63. The molecular weight excluding hydrogens is 164 g/mol. The molecule has 0 rings (SSSR count). The quantitative estimate of drug-likeness (QED) is 0.220. The van der Waals surface area contributed by atoms with Crippen LogP contribution >= 0.6 is 0 Å². The molecule has 0 N–H and O–H groups in total. The van der Waals surface area contributed by atoms with Crippen molar-refractivity contribution in [2.24, 2.45) is 0 Å². The maximum atomic E-state index is 5.09. The SMILES string of the molecule is CC(C)(C)OO[SiH2][SiH2][SiH3]. The first-order chi connectivity index (χ1) is 4.06. The predicted molar refractivity (Wildman–Crippen MR) is 49.0 cm³/mol. The Kier molecular flexibility index (Phi) is 4.67. The highest BCUT2D eigenvalue weighted by atomic mass is 29.5. The fourth-order valence-corrected chi connectivity index (χ4v) is 3.16. The highest BCUT2D eigenvalue weighted by Crippen LogP contribution is 2.05. The van der Waals surface area contributed by atoms with Crippen molar-refractivity contribution in [2.75, 3.05) is 0 Å². The van der Waals surface area contributed by atoms with Crippen LogP contribution in [0, 0.1) is 0 Å². The van der Waals surface area contributed by atoms with Gasteiger partial charge < -0.3 is 0 Å². The molecule has 0 aliphatic heterocycles. The lowest BCUT2D eigenvalue weighted by molar-refractivity contribution is -0.274. The van der Waals surface area contributed by atoms with E-state index >= 15 is 0 Å². The third-order valence-electron chi connectivity index (χ3n) is 0.596. The van der Waals surface area contributed by atoms with Crippen LogP contribution in [0.3, 0.4) is 0 Å². The van der Waals surface area contributed by atoms with Crippen molar-refractivity contribution in [3.8, 4) is 0 Å². The van der Waals surface area contributed by atoms with Gasteiger partial charge in [-0.15, -0.1) is 0 Å².